The molecule has 10 nitrogen and oxygen atoms in total. The average Bonchev–Trinajstić information content (AvgIpc) is 3.46. The van der Waals surface area contributed by atoms with Gasteiger partial charge in [0, 0.05) is 49.9 Å². The summed E-state index contributed by atoms with van der Waals surface area (Å²) in [5.41, 5.74) is 3.21. The van der Waals surface area contributed by atoms with Crippen molar-refractivity contribution in [2.75, 3.05) is 25.1 Å². The van der Waals surface area contributed by atoms with E-state index in [-0.39, 0.29) is 24.1 Å². The Hall–Kier alpha value is -3.66. The molecule has 0 saturated carbocycles. The van der Waals surface area contributed by atoms with Gasteiger partial charge in [0.05, 0.1) is 29.9 Å². The summed E-state index contributed by atoms with van der Waals surface area (Å²) in [5.74, 6) is 0.622. The van der Waals surface area contributed by atoms with Crippen molar-refractivity contribution in [2.24, 2.45) is 0 Å². The Balaban J connectivity index is 1.55. The van der Waals surface area contributed by atoms with Gasteiger partial charge < -0.3 is 23.9 Å². The zero-order valence-corrected chi connectivity index (χ0v) is 20.6. The number of benzene rings is 1. The number of aromatic nitrogens is 3. The van der Waals surface area contributed by atoms with E-state index in [2.05, 4.69) is 0 Å². The molecule has 36 heavy (non-hydrogen) atoms. The number of pyridine rings is 1. The van der Waals surface area contributed by atoms with Crippen LogP contribution < -0.4 is 10.5 Å². The highest BCUT2D eigenvalue weighted by Crippen LogP contribution is 2.36. The third-order valence-electron chi connectivity index (χ3n) is 7.25. The Bertz CT molecular complexity index is 1360. The number of aliphatic hydroxyl groups excluding tert-OH is 1. The average molecular weight is 494 g/mol. The van der Waals surface area contributed by atoms with Crippen LogP contribution in [0.1, 0.15) is 31.2 Å². The fourth-order valence-electron chi connectivity index (χ4n) is 5.29. The van der Waals surface area contributed by atoms with Crippen molar-refractivity contribution in [1.82, 2.24) is 19.0 Å². The number of aryl methyl sites for hydroxylation is 3. The van der Waals surface area contributed by atoms with Gasteiger partial charge in [-0.05, 0) is 44.4 Å². The number of nitrogens with zero attached hydrogens (tertiary/aromatic N) is 5. The molecule has 1 fully saturated rings. The van der Waals surface area contributed by atoms with Crippen LogP contribution in [-0.4, -0.2) is 68.5 Å². The van der Waals surface area contributed by atoms with Crippen molar-refractivity contribution < 1.29 is 19.4 Å². The van der Waals surface area contributed by atoms with Gasteiger partial charge in [0.15, 0.2) is 0 Å². The Morgan fingerprint density at radius 1 is 1.19 bits per heavy atom. The summed E-state index contributed by atoms with van der Waals surface area (Å²) in [5, 5.41) is 9.89. The van der Waals surface area contributed by atoms with Crippen molar-refractivity contribution in [2.45, 2.75) is 57.8 Å². The Kier molecular flexibility index (Phi) is 6.53. The first kappa shape index (κ1) is 24.1. The van der Waals surface area contributed by atoms with Crippen LogP contribution in [0.15, 0.2) is 41.3 Å². The van der Waals surface area contributed by atoms with Gasteiger partial charge in [-0.1, -0.05) is 6.07 Å². The molecule has 0 spiro atoms. The van der Waals surface area contributed by atoms with Gasteiger partial charge in [-0.15, -0.1) is 0 Å². The summed E-state index contributed by atoms with van der Waals surface area (Å²) in [6.45, 7) is 3.38. The minimum atomic E-state index is -0.490. The van der Waals surface area contributed by atoms with Crippen molar-refractivity contribution in [3.8, 4) is 0 Å². The molecule has 0 aliphatic carbocycles. The number of ether oxygens (including phenoxy) is 1. The molecule has 5 rings (SSSR count). The number of amides is 2. The SMILES string of the molecule is COC(=O)N1c2ccc3c(nc(CCn4ccccc4=O)n3CC(=O)N3CC[C@H](O)C3)c2CC[C@@H]1C. The van der Waals surface area contributed by atoms with E-state index in [1.165, 1.54) is 13.2 Å². The van der Waals surface area contributed by atoms with E-state index in [4.69, 9.17) is 9.72 Å². The molecule has 2 aliphatic rings. The molecule has 0 radical (unpaired) electrons. The molecule has 2 atom stereocenters. The molecular formula is C26H31N5O5. The number of hydrogen-bond acceptors (Lipinski definition) is 6. The summed E-state index contributed by atoms with van der Waals surface area (Å²) in [6.07, 6.45) is 3.40. The number of carbonyl (C=O) groups is 2. The fraction of sp³-hybridized carbons (Fsp3) is 0.462. The second kappa shape index (κ2) is 9.77. The highest BCUT2D eigenvalue weighted by molar-refractivity contribution is 5.95. The van der Waals surface area contributed by atoms with E-state index in [1.807, 2.05) is 29.7 Å². The lowest BCUT2D eigenvalue weighted by Gasteiger charge is -2.34. The highest BCUT2D eigenvalue weighted by Gasteiger charge is 2.32. The van der Waals surface area contributed by atoms with Crippen LogP contribution in [-0.2, 0) is 35.5 Å². The molecule has 2 amide bonds. The van der Waals surface area contributed by atoms with Gasteiger partial charge in [0.2, 0.25) is 5.91 Å². The number of anilines is 1. The van der Waals surface area contributed by atoms with Crippen molar-refractivity contribution >= 4 is 28.7 Å². The Morgan fingerprint density at radius 3 is 2.75 bits per heavy atom. The molecule has 2 aliphatic heterocycles. The first-order valence-corrected chi connectivity index (χ1v) is 12.4. The third-order valence-corrected chi connectivity index (χ3v) is 7.25. The summed E-state index contributed by atoms with van der Waals surface area (Å²) in [4.78, 5) is 46.2. The zero-order chi connectivity index (χ0) is 25.4. The molecule has 1 aromatic carbocycles. The Labute approximate surface area is 208 Å². The maximum atomic E-state index is 13.1. The van der Waals surface area contributed by atoms with E-state index in [9.17, 15) is 19.5 Å². The van der Waals surface area contributed by atoms with Crippen molar-refractivity contribution in [1.29, 1.82) is 0 Å². The van der Waals surface area contributed by atoms with Gasteiger partial charge in [-0.25, -0.2) is 9.78 Å². The van der Waals surface area contributed by atoms with Gasteiger partial charge in [0.25, 0.3) is 5.56 Å². The molecule has 1 N–H and O–H groups in total. The third kappa shape index (κ3) is 4.37. The molecule has 4 heterocycles. The van der Waals surface area contributed by atoms with Gasteiger partial charge in [-0.3, -0.25) is 14.5 Å². The largest absolute Gasteiger partial charge is 0.452 e. The number of imidazole rings is 1. The number of likely N-dealkylation sites (tertiary alicyclic amines) is 1. The second-order valence-corrected chi connectivity index (χ2v) is 9.54. The summed E-state index contributed by atoms with van der Waals surface area (Å²) < 4.78 is 8.57. The van der Waals surface area contributed by atoms with E-state index in [0.29, 0.717) is 38.3 Å². The van der Waals surface area contributed by atoms with Gasteiger partial charge in [-0.2, -0.15) is 0 Å². The predicted molar refractivity (Wildman–Crippen MR) is 134 cm³/mol. The maximum Gasteiger partial charge on any atom is 0.414 e. The minimum Gasteiger partial charge on any atom is -0.452 e. The maximum absolute atomic E-state index is 13.1. The quantitative estimate of drug-likeness (QED) is 0.582. The van der Waals surface area contributed by atoms with Crippen LogP contribution >= 0.6 is 0 Å². The molecule has 3 aromatic rings. The molecule has 2 aromatic heterocycles. The van der Waals surface area contributed by atoms with E-state index >= 15 is 0 Å². The minimum absolute atomic E-state index is 0.00270. The number of carbonyl (C=O) groups excluding carboxylic acids is 2. The van der Waals surface area contributed by atoms with Crippen LogP contribution in [0, 0.1) is 0 Å². The number of β-amino-alcohol motifs (C(OH)–C–C–N with tert-alkyl or cyclic N) is 1. The van der Waals surface area contributed by atoms with Crippen LogP contribution in [0.3, 0.4) is 0 Å². The van der Waals surface area contributed by atoms with Gasteiger partial charge in [0.1, 0.15) is 12.4 Å². The molecule has 1 saturated heterocycles. The van der Waals surface area contributed by atoms with Gasteiger partial charge >= 0.3 is 6.09 Å². The summed E-state index contributed by atoms with van der Waals surface area (Å²) >= 11 is 0. The number of methoxy groups -OCH3 is 1. The molecule has 10 heteroatoms. The second-order valence-electron chi connectivity index (χ2n) is 9.54. The number of rotatable bonds is 5. The lowest BCUT2D eigenvalue weighted by molar-refractivity contribution is -0.131. The lowest BCUT2D eigenvalue weighted by atomic mass is 9.96. The molecule has 0 unspecified atom stereocenters. The molecular weight excluding hydrogens is 462 g/mol. The van der Waals surface area contributed by atoms with Crippen LogP contribution in [0.2, 0.25) is 0 Å². The fourth-order valence-corrected chi connectivity index (χ4v) is 5.29. The topological polar surface area (TPSA) is 110 Å². The van der Waals surface area contributed by atoms with E-state index in [1.54, 1.807) is 26.6 Å². The molecule has 190 valence electrons. The number of aliphatic hydroxyl groups is 1. The lowest BCUT2D eigenvalue weighted by Crippen LogP contribution is -2.42. The summed E-state index contributed by atoms with van der Waals surface area (Å²) in [6, 6.07) is 8.84. The van der Waals surface area contributed by atoms with E-state index < -0.39 is 12.2 Å². The van der Waals surface area contributed by atoms with Crippen molar-refractivity contribution in [3.05, 3.63) is 58.3 Å². The smallest absolute Gasteiger partial charge is 0.414 e. The van der Waals surface area contributed by atoms with Crippen LogP contribution in [0.4, 0.5) is 10.5 Å². The number of fused-ring (bicyclic) bond motifs is 3. The monoisotopic (exact) mass is 493 g/mol. The van der Waals surface area contributed by atoms with Crippen LogP contribution in [0.5, 0.6) is 0 Å². The first-order chi connectivity index (χ1) is 17.4. The number of hydrogen-bond donors (Lipinski definition) is 1. The predicted octanol–water partition coefficient (Wildman–Crippen LogP) is 1.94. The van der Waals surface area contributed by atoms with Crippen molar-refractivity contribution in [3.63, 3.8) is 0 Å². The van der Waals surface area contributed by atoms with E-state index in [0.717, 1.165) is 35.1 Å². The zero-order valence-electron chi connectivity index (χ0n) is 20.6. The molecule has 0 bridgehead atoms. The highest BCUT2D eigenvalue weighted by atomic mass is 16.5. The standard InChI is InChI=1S/C26H31N5O5/c1-17-6-7-19-20(31(17)26(35)36-2)8-9-21-25(19)27-22(11-14-28-12-4-3-5-23(28)33)30(21)16-24(34)29-13-10-18(32)15-29/h3-5,8-9,12,17-18,32H,6-7,10-11,13-16H2,1-2H3/t17-,18-/m0/s1. The summed E-state index contributed by atoms with van der Waals surface area (Å²) in [7, 11) is 1.38. The van der Waals surface area contributed by atoms with Crippen LogP contribution in [0.25, 0.3) is 11.0 Å². The normalized spacial score (nSPS) is 19.5. The Morgan fingerprint density at radius 2 is 2.03 bits per heavy atom. The first-order valence-electron chi connectivity index (χ1n) is 12.4.